The van der Waals surface area contributed by atoms with E-state index in [1.54, 1.807) is 4.90 Å². The van der Waals surface area contributed by atoms with E-state index in [2.05, 4.69) is 5.10 Å². The monoisotopic (exact) mass is 223 g/mol. The van der Waals surface area contributed by atoms with Gasteiger partial charge in [-0.2, -0.15) is 9.78 Å². The lowest BCUT2D eigenvalue weighted by atomic mass is 10.1. The van der Waals surface area contributed by atoms with Gasteiger partial charge in [0.1, 0.15) is 0 Å². The van der Waals surface area contributed by atoms with E-state index < -0.39 is 0 Å². The van der Waals surface area contributed by atoms with Crippen molar-refractivity contribution in [3.05, 3.63) is 17.5 Å². The smallest absolute Gasteiger partial charge is 0.344 e. The number of amides is 1. The quantitative estimate of drug-likeness (QED) is 0.711. The zero-order valence-electron chi connectivity index (χ0n) is 9.68. The van der Waals surface area contributed by atoms with Crippen LogP contribution in [-0.4, -0.2) is 45.0 Å². The van der Waals surface area contributed by atoms with Crippen molar-refractivity contribution in [2.75, 3.05) is 13.1 Å². The molecule has 2 rings (SSSR count). The molecule has 1 amide bonds. The van der Waals surface area contributed by atoms with Gasteiger partial charge in [-0.05, 0) is 32.8 Å². The Morgan fingerprint density at radius 2 is 2.06 bits per heavy atom. The molecule has 0 saturated carbocycles. The maximum Gasteiger partial charge on any atom is 0.344 e. The number of carbonyl (C=O) groups excluding carboxylic acids is 1. The summed E-state index contributed by atoms with van der Waals surface area (Å²) >= 11 is 0. The van der Waals surface area contributed by atoms with Gasteiger partial charge in [0.2, 0.25) is 0 Å². The number of aryl methyl sites for hydroxylation is 2. The summed E-state index contributed by atoms with van der Waals surface area (Å²) in [5, 5.41) is 13.5. The van der Waals surface area contributed by atoms with Gasteiger partial charge in [0.15, 0.2) is 0 Å². The summed E-state index contributed by atoms with van der Waals surface area (Å²) in [6.07, 6.45) is 1.06. The third-order valence-corrected chi connectivity index (χ3v) is 2.93. The fraction of sp³-hybridized carbons (Fsp3) is 0.636. The van der Waals surface area contributed by atoms with Crippen LogP contribution >= 0.6 is 0 Å². The van der Waals surface area contributed by atoms with E-state index >= 15 is 0 Å². The Balaban J connectivity index is 2.10. The van der Waals surface area contributed by atoms with Crippen LogP contribution < -0.4 is 0 Å². The number of likely N-dealkylation sites (tertiary alicyclic amines) is 1. The van der Waals surface area contributed by atoms with Gasteiger partial charge >= 0.3 is 6.03 Å². The molecule has 1 N–H and O–H groups in total. The van der Waals surface area contributed by atoms with Crippen molar-refractivity contribution in [2.24, 2.45) is 0 Å². The molecule has 1 aromatic rings. The Morgan fingerprint density at radius 3 is 2.56 bits per heavy atom. The van der Waals surface area contributed by atoms with Gasteiger partial charge < -0.3 is 10.0 Å². The number of hydrogen-bond donors (Lipinski definition) is 1. The fourth-order valence-electron chi connectivity index (χ4n) is 2.01. The molecule has 5 heteroatoms. The topological polar surface area (TPSA) is 58.4 Å². The van der Waals surface area contributed by atoms with Crippen LogP contribution in [0, 0.1) is 13.8 Å². The van der Waals surface area contributed by atoms with E-state index in [-0.39, 0.29) is 12.1 Å². The van der Waals surface area contributed by atoms with Crippen molar-refractivity contribution in [3.8, 4) is 0 Å². The van der Waals surface area contributed by atoms with Gasteiger partial charge in [0.25, 0.3) is 0 Å². The summed E-state index contributed by atoms with van der Waals surface area (Å²) in [7, 11) is 0. The molecule has 0 unspecified atom stereocenters. The number of hydrogen-bond acceptors (Lipinski definition) is 3. The van der Waals surface area contributed by atoms with E-state index in [4.69, 9.17) is 0 Å². The Hall–Kier alpha value is -1.36. The molecular formula is C11H17N3O2. The normalized spacial score (nSPS) is 17.8. The van der Waals surface area contributed by atoms with Crippen molar-refractivity contribution in [1.29, 1.82) is 0 Å². The van der Waals surface area contributed by atoms with Gasteiger partial charge in [-0.15, -0.1) is 0 Å². The minimum Gasteiger partial charge on any atom is -0.393 e. The summed E-state index contributed by atoms with van der Waals surface area (Å²) in [4.78, 5) is 13.8. The zero-order valence-corrected chi connectivity index (χ0v) is 9.68. The molecular weight excluding hydrogens is 206 g/mol. The molecule has 1 aromatic heterocycles. The van der Waals surface area contributed by atoms with E-state index in [9.17, 15) is 9.90 Å². The number of rotatable bonds is 0. The first-order valence-corrected chi connectivity index (χ1v) is 5.58. The third kappa shape index (κ3) is 2.09. The first kappa shape index (κ1) is 11.1. The lowest BCUT2D eigenvalue weighted by Crippen LogP contribution is -2.42. The number of carbonyl (C=O) groups is 1. The van der Waals surface area contributed by atoms with Crippen LogP contribution in [0.25, 0.3) is 0 Å². The molecule has 0 aromatic carbocycles. The van der Waals surface area contributed by atoms with E-state index in [0.29, 0.717) is 25.9 Å². The molecule has 0 bridgehead atoms. The highest BCUT2D eigenvalue weighted by molar-refractivity contribution is 5.76. The SMILES string of the molecule is Cc1cc(C)n(C(=O)N2CCC(O)CC2)n1. The molecule has 0 atom stereocenters. The summed E-state index contributed by atoms with van der Waals surface area (Å²) in [6, 6.07) is 1.80. The zero-order chi connectivity index (χ0) is 11.7. The van der Waals surface area contributed by atoms with Crippen LogP contribution in [0.4, 0.5) is 4.79 Å². The maximum atomic E-state index is 12.1. The van der Waals surface area contributed by atoms with Gasteiger partial charge in [-0.3, -0.25) is 0 Å². The molecule has 0 radical (unpaired) electrons. The largest absolute Gasteiger partial charge is 0.393 e. The van der Waals surface area contributed by atoms with Crippen molar-refractivity contribution < 1.29 is 9.90 Å². The van der Waals surface area contributed by atoms with Crippen molar-refractivity contribution in [3.63, 3.8) is 0 Å². The Bertz CT molecular complexity index is 392. The summed E-state index contributed by atoms with van der Waals surface area (Å²) in [6.45, 7) is 4.96. The van der Waals surface area contributed by atoms with Crippen LogP contribution in [0.15, 0.2) is 6.07 Å². The second-order valence-corrected chi connectivity index (χ2v) is 4.34. The molecule has 0 aliphatic carbocycles. The third-order valence-electron chi connectivity index (χ3n) is 2.93. The van der Waals surface area contributed by atoms with Gasteiger partial charge in [0, 0.05) is 18.8 Å². The first-order chi connectivity index (χ1) is 7.58. The number of nitrogens with zero attached hydrogens (tertiary/aromatic N) is 3. The second kappa shape index (κ2) is 4.25. The highest BCUT2D eigenvalue weighted by Crippen LogP contribution is 2.12. The first-order valence-electron chi connectivity index (χ1n) is 5.58. The predicted octanol–water partition coefficient (Wildman–Crippen LogP) is 0.925. The number of piperidine rings is 1. The molecule has 0 spiro atoms. The molecule has 1 aliphatic rings. The Kier molecular flexibility index (Phi) is 2.96. The fourth-order valence-corrected chi connectivity index (χ4v) is 2.01. The minimum atomic E-state index is -0.260. The molecule has 1 aliphatic heterocycles. The van der Waals surface area contributed by atoms with E-state index in [0.717, 1.165) is 11.4 Å². The standard InChI is InChI=1S/C11H17N3O2/c1-8-7-9(2)14(12-8)11(16)13-5-3-10(15)4-6-13/h7,10,15H,3-6H2,1-2H3. The molecule has 1 saturated heterocycles. The average Bonchev–Trinajstić information content (AvgIpc) is 2.58. The molecule has 1 fully saturated rings. The van der Waals surface area contributed by atoms with Crippen LogP contribution in [0.2, 0.25) is 0 Å². The number of aromatic nitrogens is 2. The van der Waals surface area contributed by atoms with E-state index in [1.165, 1.54) is 4.68 Å². The molecule has 88 valence electrons. The molecule has 16 heavy (non-hydrogen) atoms. The van der Waals surface area contributed by atoms with Gasteiger partial charge in [-0.25, -0.2) is 4.79 Å². The van der Waals surface area contributed by atoms with Crippen molar-refractivity contribution >= 4 is 6.03 Å². The van der Waals surface area contributed by atoms with Crippen molar-refractivity contribution in [1.82, 2.24) is 14.7 Å². The molecule has 2 heterocycles. The van der Waals surface area contributed by atoms with Gasteiger partial charge in [0.05, 0.1) is 11.8 Å². The number of aliphatic hydroxyl groups is 1. The highest BCUT2D eigenvalue weighted by Gasteiger charge is 2.23. The van der Waals surface area contributed by atoms with Gasteiger partial charge in [-0.1, -0.05) is 0 Å². The summed E-state index contributed by atoms with van der Waals surface area (Å²) in [5.74, 6) is 0. The molecule has 5 nitrogen and oxygen atoms in total. The highest BCUT2D eigenvalue weighted by atomic mass is 16.3. The van der Waals surface area contributed by atoms with E-state index in [1.807, 2.05) is 19.9 Å². The van der Waals surface area contributed by atoms with Crippen molar-refractivity contribution in [2.45, 2.75) is 32.8 Å². The summed E-state index contributed by atoms with van der Waals surface area (Å²) in [5.41, 5.74) is 1.71. The van der Waals surface area contributed by atoms with Crippen LogP contribution in [0.1, 0.15) is 24.2 Å². The Labute approximate surface area is 94.7 Å². The predicted molar refractivity (Wildman–Crippen MR) is 59.3 cm³/mol. The summed E-state index contributed by atoms with van der Waals surface area (Å²) < 4.78 is 1.44. The minimum absolute atomic E-state index is 0.0856. The number of aliphatic hydroxyl groups excluding tert-OH is 1. The average molecular weight is 223 g/mol. The van der Waals surface area contributed by atoms with Crippen LogP contribution in [0.3, 0.4) is 0 Å². The maximum absolute atomic E-state index is 12.1. The van der Waals surface area contributed by atoms with Crippen LogP contribution in [-0.2, 0) is 0 Å². The second-order valence-electron chi connectivity index (χ2n) is 4.34. The Morgan fingerprint density at radius 1 is 1.44 bits per heavy atom. The lowest BCUT2D eigenvalue weighted by molar-refractivity contribution is 0.0931. The lowest BCUT2D eigenvalue weighted by Gasteiger charge is -2.29. The van der Waals surface area contributed by atoms with Crippen LogP contribution in [0.5, 0.6) is 0 Å².